The minimum atomic E-state index is -0.284. The number of carbonyl (C=O) groups excluding carboxylic acids is 1. The maximum Gasteiger partial charge on any atom is 0.255 e. The van der Waals surface area contributed by atoms with Gasteiger partial charge < -0.3 is 10.4 Å². The molecule has 3 nitrogen and oxygen atoms in total. The average molecular weight is 298 g/mol. The fourth-order valence-electron chi connectivity index (χ4n) is 2.05. The van der Waals surface area contributed by atoms with Gasteiger partial charge in [-0.2, -0.15) is 0 Å². The van der Waals surface area contributed by atoms with Crippen molar-refractivity contribution < 1.29 is 9.90 Å². The molecule has 1 amide bonds. The standard InChI is InChI=1S/C16H24ClNO2/c1-4-5-6-9-16(2,3)11-18-15(20)13-10-12(17)7-8-14(13)19/h7-8,10,19H,4-6,9,11H2,1-3H3,(H,18,20). The molecule has 0 heterocycles. The molecule has 0 aliphatic heterocycles. The molecule has 112 valence electrons. The molecule has 4 heteroatoms. The molecule has 0 spiro atoms. The summed E-state index contributed by atoms with van der Waals surface area (Å²) in [6, 6.07) is 4.47. The van der Waals surface area contributed by atoms with Crippen LogP contribution in [0.15, 0.2) is 18.2 Å². The van der Waals surface area contributed by atoms with E-state index in [1.807, 2.05) is 0 Å². The predicted octanol–water partition coefficient (Wildman–Crippen LogP) is 4.38. The van der Waals surface area contributed by atoms with Crippen LogP contribution in [0.2, 0.25) is 5.02 Å². The van der Waals surface area contributed by atoms with Crippen LogP contribution < -0.4 is 5.32 Å². The van der Waals surface area contributed by atoms with Crippen LogP contribution in [0.4, 0.5) is 0 Å². The highest BCUT2D eigenvalue weighted by Gasteiger charge is 2.20. The molecule has 0 radical (unpaired) electrons. The molecule has 0 unspecified atom stereocenters. The van der Waals surface area contributed by atoms with Gasteiger partial charge in [0, 0.05) is 11.6 Å². The van der Waals surface area contributed by atoms with Crippen molar-refractivity contribution in [3.05, 3.63) is 28.8 Å². The van der Waals surface area contributed by atoms with Gasteiger partial charge in [0.1, 0.15) is 5.75 Å². The number of carbonyl (C=O) groups is 1. The number of unbranched alkanes of at least 4 members (excludes halogenated alkanes) is 2. The van der Waals surface area contributed by atoms with Gasteiger partial charge >= 0.3 is 0 Å². The number of aromatic hydroxyl groups is 1. The van der Waals surface area contributed by atoms with Gasteiger partial charge in [-0.15, -0.1) is 0 Å². The lowest BCUT2D eigenvalue weighted by atomic mass is 9.87. The molecular formula is C16H24ClNO2. The quantitative estimate of drug-likeness (QED) is 0.734. The molecule has 1 aromatic carbocycles. The van der Waals surface area contributed by atoms with Crippen LogP contribution >= 0.6 is 11.6 Å². The zero-order chi connectivity index (χ0) is 15.2. The van der Waals surface area contributed by atoms with Gasteiger partial charge in [-0.3, -0.25) is 4.79 Å². The van der Waals surface area contributed by atoms with Crippen LogP contribution in [0.25, 0.3) is 0 Å². The number of nitrogens with one attached hydrogen (secondary N) is 1. The monoisotopic (exact) mass is 297 g/mol. The highest BCUT2D eigenvalue weighted by molar-refractivity contribution is 6.31. The smallest absolute Gasteiger partial charge is 0.255 e. The Kier molecular flexibility index (Phi) is 6.34. The lowest BCUT2D eigenvalue weighted by molar-refractivity contribution is 0.0931. The van der Waals surface area contributed by atoms with Gasteiger partial charge in [0.25, 0.3) is 5.91 Å². The average Bonchev–Trinajstić information content (AvgIpc) is 2.39. The van der Waals surface area contributed by atoms with Gasteiger partial charge in [0.15, 0.2) is 0 Å². The molecule has 2 N–H and O–H groups in total. The summed E-state index contributed by atoms with van der Waals surface area (Å²) in [4.78, 5) is 12.1. The van der Waals surface area contributed by atoms with E-state index in [1.54, 1.807) is 6.07 Å². The second-order valence-electron chi connectivity index (χ2n) is 5.97. The number of benzene rings is 1. The van der Waals surface area contributed by atoms with E-state index in [-0.39, 0.29) is 22.6 Å². The lowest BCUT2D eigenvalue weighted by Gasteiger charge is -2.25. The Bertz CT molecular complexity index is 458. The number of phenols is 1. The van der Waals surface area contributed by atoms with Gasteiger partial charge in [0.2, 0.25) is 0 Å². The van der Waals surface area contributed by atoms with Crippen molar-refractivity contribution in [1.29, 1.82) is 0 Å². The van der Waals surface area contributed by atoms with E-state index in [4.69, 9.17) is 11.6 Å². The summed E-state index contributed by atoms with van der Waals surface area (Å²) in [6.45, 7) is 7.04. The van der Waals surface area contributed by atoms with E-state index >= 15 is 0 Å². The van der Waals surface area contributed by atoms with Gasteiger partial charge in [-0.05, 0) is 30.0 Å². The maximum absolute atomic E-state index is 12.1. The number of rotatable bonds is 7. The molecule has 0 aromatic heterocycles. The largest absolute Gasteiger partial charge is 0.507 e. The minimum absolute atomic E-state index is 0.0457. The summed E-state index contributed by atoms with van der Waals surface area (Å²) in [5, 5.41) is 13.0. The van der Waals surface area contributed by atoms with Crippen LogP contribution in [-0.4, -0.2) is 17.6 Å². The van der Waals surface area contributed by atoms with E-state index in [2.05, 4.69) is 26.1 Å². The minimum Gasteiger partial charge on any atom is -0.507 e. The molecule has 0 saturated carbocycles. The zero-order valence-electron chi connectivity index (χ0n) is 12.5. The van der Waals surface area contributed by atoms with Crippen LogP contribution in [0.3, 0.4) is 0 Å². The number of halogens is 1. The first kappa shape index (κ1) is 16.8. The lowest BCUT2D eigenvalue weighted by Crippen LogP contribution is -2.34. The van der Waals surface area contributed by atoms with E-state index in [0.29, 0.717) is 11.6 Å². The number of phenolic OH excluding ortho intramolecular Hbond substituents is 1. The first-order valence-electron chi connectivity index (χ1n) is 7.12. The third kappa shape index (κ3) is 5.41. The first-order valence-corrected chi connectivity index (χ1v) is 7.50. The highest BCUT2D eigenvalue weighted by atomic mass is 35.5. The molecule has 20 heavy (non-hydrogen) atoms. The molecule has 0 saturated heterocycles. The van der Waals surface area contributed by atoms with Crippen LogP contribution in [-0.2, 0) is 0 Å². The fourth-order valence-corrected chi connectivity index (χ4v) is 2.22. The Balaban J connectivity index is 2.56. The van der Waals surface area contributed by atoms with Crippen molar-refractivity contribution >= 4 is 17.5 Å². The van der Waals surface area contributed by atoms with Crippen LogP contribution in [0.5, 0.6) is 5.75 Å². The van der Waals surface area contributed by atoms with Crippen molar-refractivity contribution in [3.8, 4) is 5.75 Å². The van der Waals surface area contributed by atoms with Crippen molar-refractivity contribution in [3.63, 3.8) is 0 Å². The maximum atomic E-state index is 12.1. The normalized spacial score (nSPS) is 11.4. The SMILES string of the molecule is CCCCCC(C)(C)CNC(=O)c1cc(Cl)ccc1O. The number of hydrogen-bond donors (Lipinski definition) is 2. The molecule has 1 aromatic rings. The Hall–Kier alpha value is -1.22. The summed E-state index contributed by atoms with van der Waals surface area (Å²) in [5.74, 6) is -0.329. The zero-order valence-corrected chi connectivity index (χ0v) is 13.3. The molecule has 0 bridgehead atoms. The van der Waals surface area contributed by atoms with Crippen molar-refractivity contribution in [2.45, 2.75) is 46.5 Å². The highest BCUT2D eigenvalue weighted by Crippen LogP contribution is 2.24. The molecule has 0 fully saturated rings. The van der Waals surface area contributed by atoms with Crippen molar-refractivity contribution in [1.82, 2.24) is 5.32 Å². The van der Waals surface area contributed by atoms with Gasteiger partial charge in [-0.1, -0.05) is 51.6 Å². The summed E-state index contributed by atoms with van der Waals surface area (Å²) in [7, 11) is 0. The summed E-state index contributed by atoms with van der Waals surface area (Å²) < 4.78 is 0. The Morgan fingerprint density at radius 1 is 1.35 bits per heavy atom. The number of hydrogen-bond acceptors (Lipinski definition) is 2. The van der Waals surface area contributed by atoms with Crippen molar-refractivity contribution in [2.24, 2.45) is 5.41 Å². The third-order valence-electron chi connectivity index (χ3n) is 3.39. The molecule has 0 aliphatic carbocycles. The van der Waals surface area contributed by atoms with E-state index in [0.717, 1.165) is 6.42 Å². The second-order valence-corrected chi connectivity index (χ2v) is 6.40. The van der Waals surface area contributed by atoms with Crippen LogP contribution in [0, 0.1) is 5.41 Å². The summed E-state index contributed by atoms with van der Waals surface area (Å²) >= 11 is 5.84. The first-order chi connectivity index (χ1) is 9.35. The topological polar surface area (TPSA) is 49.3 Å². The van der Waals surface area contributed by atoms with Gasteiger partial charge in [0.05, 0.1) is 5.56 Å². The second kappa shape index (κ2) is 7.53. The molecule has 1 rings (SSSR count). The number of amides is 1. The Morgan fingerprint density at radius 2 is 2.05 bits per heavy atom. The van der Waals surface area contributed by atoms with Crippen LogP contribution in [0.1, 0.15) is 56.8 Å². The van der Waals surface area contributed by atoms with E-state index < -0.39 is 0 Å². The predicted molar refractivity (Wildman–Crippen MR) is 83.4 cm³/mol. The summed E-state index contributed by atoms with van der Waals surface area (Å²) in [6.07, 6.45) is 4.65. The van der Waals surface area contributed by atoms with Gasteiger partial charge in [-0.25, -0.2) is 0 Å². The molecule has 0 aliphatic rings. The third-order valence-corrected chi connectivity index (χ3v) is 3.62. The Labute approximate surface area is 126 Å². The van der Waals surface area contributed by atoms with E-state index in [9.17, 15) is 9.90 Å². The molecular weight excluding hydrogens is 274 g/mol. The van der Waals surface area contributed by atoms with Crippen molar-refractivity contribution in [2.75, 3.05) is 6.54 Å². The van der Waals surface area contributed by atoms with E-state index in [1.165, 1.54) is 31.4 Å². The molecule has 0 atom stereocenters. The fraction of sp³-hybridized carbons (Fsp3) is 0.562. The summed E-state index contributed by atoms with van der Waals surface area (Å²) in [5.41, 5.74) is 0.279. The Morgan fingerprint density at radius 3 is 2.70 bits per heavy atom.